The summed E-state index contributed by atoms with van der Waals surface area (Å²) in [5.74, 6) is 0. The topological polar surface area (TPSA) is 0 Å². The van der Waals surface area contributed by atoms with E-state index in [-0.39, 0.29) is 39.7 Å². The SMILES string of the molecule is CC1=[C-]CC=C1.Cl.Cl.[CH3-].[CH3-].[SiH2]=[Zr].[c-]1cccc2c1Cc1ccccc1-2. The Morgan fingerprint density at radius 1 is 0.960 bits per heavy atom. The zero-order chi connectivity index (χ0) is 15.1. The summed E-state index contributed by atoms with van der Waals surface area (Å²) in [4.78, 5) is 0. The van der Waals surface area contributed by atoms with Crippen LogP contribution in [0.4, 0.5) is 0 Å². The second kappa shape index (κ2) is 15.8. The van der Waals surface area contributed by atoms with E-state index in [9.17, 15) is 0 Å². The molecular formula is C21H26Cl2SiZr-4. The van der Waals surface area contributed by atoms with Gasteiger partial charge in [0.05, 0.1) is 0 Å². The van der Waals surface area contributed by atoms with Crippen molar-refractivity contribution in [3.8, 4) is 11.1 Å². The van der Waals surface area contributed by atoms with Gasteiger partial charge in [0, 0.05) is 0 Å². The van der Waals surface area contributed by atoms with E-state index in [1.54, 1.807) is 23.3 Å². The first-order valence-electron chi connectivity index (χ1n) is 7.02. The molecule has 0 heterocycles. The third-order valence-electron chi connectivity index (χ3n) is 3.48. The molecule has 0 atom stereocenters. The van der Waals surface area contributed by atoms with Crippen molar-refractivity contribution in [1.82, 2.24) is 0 Å². The van der Waals surface area contributed by atoms with Crippen molar-refractivity contribution in [2.75, 3.05) is 0 Å². The maximum atomic E-state index is 3.30. The number of rotatable bonds is 0. The fourth-order valence-electron chi connectivity index (χ4n) is 2.51. The van der Waals surface area contributed by atoms with Crippen LogP contribution in [0, 0.1) is 27.0 Å². The summed E-state index contributed by atoms with van der Waals surface area (Å²) in [7, 11) is 0. The molecule has 0 radical (unpaired) electrons. The molecule has 0 spiro atoms. The smallest absolute Gasteiger partial charge is 0.0253 e. The van der Waals surface area contributed by atoms with Crippen molar-refractivity contribution in [1.29, 1.82) is 0 Å². The summed E-state index contributed by atoms with van der Waals surface area (Å²) >= 11 is 1.58. The van der Waals surface area contributed by atoms with Gasteiger partial charge in [0.15, 0.2) is 0 Å². The summed E-state index contributed by atoms with van der Waals surface area (Å²) in [6.45, 7) is 4.01. The standard InChI is InChI=1S/C13H9.C6H7.2CH3.2ClH.H2Si.Zr/c1-3-7-12-10(5-1)9-11-6-2-4-8-13(11)12;1-6-4-2-3-5-6;;;;;;/h1-5,7-8H,9H2;2,4H,3H2,1H3;2*1H3;2*1H;1H2;/q4*-1;;;;. The molecule has 2 aromatic carbocycles. The molecule has 0 saturated heterocycles. The first kappa shape index (κ1) is 29.4. The van der Waals surface area contributed by atoms with E-state index >= 15 is 0 Å². The Balaban J connectivity index is -0.000000354. The fourth-order valence-corrected chi connectivity index (χ4v) is 2.51. The van der Waals surface area contributed by atoms with Gasteiger partial charge in [-0.25, -0.2) is 11.6 Å². The molecule has 4 heteroatoms. The van der Waals surface area contributed by atoms with Crippen LogP contribution in [0.1, 0.15) is 24.5 Å². The van der Waals surface area contributed by atoms with Crippen LogP contribution in [-0.4, -0.2) is 6.88 Å². The minimum atomic E-state index is 0. The van der Waals surface area contributed by atoms with Crippen molar-refractivity contribution in [3.63, 3.8) is 0 Å². The van der Waals surface area contributed by atoms with E-state index in [2.05, 4.69) is 67.6 Å². The van der Waals surface area contributed by atoms with Crippen LogP contribution >= 0.6 is 24.8 Å². The Hall–Kier alpha value is -0.400. The summed E-state index contributed by atoms with van der Waals surface area (Å²) in [6, 6.07) is 18.1. The van der Waals surface area contributed by atoms with Crippen LogP contribution < -0.4 is 0 Å². The van der Waals surface area contributed by atoms with Crippen molar-refractivity contribution in [3.05, 3.63) is 98.3 Å². The maximum Gasteiger partial charge on any atom is -0.0253 e. The molecule has 0 amide bonds. The van der Waals surface area contributed by atoms with E-state index in [1.807, 2.05) is 12.9 Å². The molecule has 136 valence electrons. The van der Waals surface area contributed by atoms with Gasteiger partial charge in [-0.15, -0.1) is 36.8 Å². The van der Waals surface area contributed by atoms with Gasteiger partial charge in [0.2, 0.25) is 0 Å². The minimum absolute atomic E-state index is 0. The quantitative estimate of drug-likeness (QED) is 0.299. The first-order chi connectivity index (χ1) is 10.3. The van der Waals surface area contributed by atoms with Gasteiger partial charge in [-0.05, 0) is 6.42 Å². The molecule has 2 aliphatic rings. The van der Waals surface area contributed by atoms with Gasteiger partial charge in [-0.1, -0.05) is 42.3 Å². The Bertz CT molecular complexity index is 635. The largest absolute Gasteiger partial charge is 0.179 e. The molecule has 0 bridgehead atoms. The molecule has 0 fully saturated rings. The predicted molar refractivity (Wildman–Crippen MR) is 116 cm³/mol. The third kappa shape index (κ3) is 8.22. The molecule has 25 heavy (non-hydrogen) atoms. The van der Waals surface area contributed by atoms with Crippen LogP contribution in [0.3, 0.4) is 0 Å². The first-order valence-corrected chi connectivity index (χ1v) is 12.9. The Kier molecular flexibility index (Phi) is 18.6. The molecule has 0 unspecified atom stereocenters. The number of hydrogen-bond donors (Lipinski definition) is 0. The van der Waals surface area contributed by atoms with Crippen LogP contribution in [0.5, 0.6) is 0 Å². The van der Waals surface area contributed by atoms with E-state index < -0.39 is 0 Å². The van der Waals surface area contributed by atoms with Crippen molar-refractivity contribution >= 4 is 31.7 Å². The monoisotopic (exact) mass is 466 g/mol. The van der Waals surface area contributed by atoms with Crippen LogP contribution in [0.15, 0.2) is 60.2 Å². The molecule has 0 aliphatic heterocycles. The molecule has 2 aliphatic carbocycles. The summed E-state index contributed by atoms with van der Waals surface area (Å²) in [6.07, 6.45) is 9.38. The summed E-state index contributed by atoms with van der Waals surface area (Å²) in [5, 5.41) is 0. The molecule has 0 nitrogen and oxygen atoms in total. The number of hydrogen-bond acceptors (Lipinski definition) is 0. The molecule has 0 saturated carbocycles. The second-order valence-corrected chi connectivity index (χ2v) is 4.86. The normalized spacial score (nSPS) is 11.0. The van der Waals surface area contributed by atoms with Crippen LogP contribution in [0.2, 0.25) is 0 Å². The number of benzene rings is 2. The Morgan fingerprint density at radius 2 is 1.60 bits per heavy atom. The van der Waals surface area contributed by atoms with Gasteiger partial charge >= 0.3 is 30.2 Å². The summed E-state index contributed by atoms with van der Waals surface area (Å²) in [5.41, 5.74) is 6.78. The number of allylic oxidation sites excluding steroid dienone is 4. The van der Waals surface area contributed by atoms with Crippen LogP contribution in [0.25, 0.3) is 11.1 Å². The summed E-state index contributed by atoms with van der Waals surface area (Å²) < 4.78 is 0. The Morgan fingerprint density at radius 3 is 2.16 bits per heavy atom. The van der Waals surface area contributed by atoms with Gasteiger partial charge < -0.3 is 14.9 Å². The zero-order valence-corrected chi connectivity index (χ0v) is 20.6. The number of fused-ring (bicyclic) bond motifs is 3. The van der Waals surface area contributed by atoms with Crippen molar-refractivity contribution in [2.24, 2.45) is 0 Å². The van der Waals surface area contributed by atoms with Gasteiger partial charge in [-0.2, -0.15) is 35.9 Å². The second-order valence-electron chi connectivity index (χ2n) is 4.86. The molecule has 4 rings (SSSR count). The van der Waals surface area contributed by atoms with E-state index in [0.29, 0.717) is 0 Å². The predicted octanol–water partition coefficient (Wildman–Crippen LogP) is 5.58. The average Bonchev–Trinajstić information content (AvgIpc) is 3.16. The minimum Gasteiger partial charge on any atom is -0.179 e. The molecular weight excluding hydrogens is 442 g/mol. The van der Waals surface area contributed by atoms with Gasteiger partial charge in [0.25, 0.3) is 0 Å². The number of halogens is 2. The maximum absolute atomic E-state index is 3.30. The molecule has 0 N–H and O–H groups in total. The van der Waals surface area contributed by atoms with Gasteiger partial charge in [0.1, 0.15) is 0 Å². The molecule has 2 aromatic rings. The molecule has 0 aromatic heterocycles. The van der Waals surface area contributed by atoms with E-state index in [0.717, 1.165) is 12.8 Å². The third-order valence-corrected chi connectivity index (χ3v) is 3.48. The fraction of sp³-hybridized carbons (Fsp3) is 0.143. The van der Waals surface area contributed by atoms with Crippen molar-refractivity contribution < 1.29 is 23.3 Å². The van der Waals surface area contributed by atoms with E-state index in [4.69, 9.17) is 0 Å². The Labute approximate surface area is 183 Å². The van der Waals surface area contributed by atoms with Gasteiger partial charge in [-0.3, -0.25) is 6.08 Å². The zero-order valence-electron chi connectivity index (χ0n) is 15.1. The average molecular weight is 469 g/mol. The van der Waals surface area contributed by atoms with Crippen LogP contribution in [-0.2, 0) is 29.8 Å². The van der Waals surface area contributed by atoms with E-state index in [1.165, 1.54) is 27.8 Å². The van der Waals surface area contributed by atoms with Crippen molar-refractivity contribution in [2.45, 2.75) is 19.8 Å².